The van der Waals surface area contributed by atoms with Crippen LogP contribution in [0.4, 0.5) is 4.79 Å². The van der Waals surface area contributed by atoms with E-state index >= 15 is 0 Å². The first-order valence-corrected chi connectivity index (χ1v) is 7.69. The van der Waals surface area contributed by atoms with Crippen molar-refractivity contribution in [3.63, 3.8) is 0 Å². The van der Waals surface area contributed by atoms with Crippen LogP contribution in [0.3, 0.4) is 0 Å². The summed E-state index contributed by atoms with van der Waals surface area (Å²) in [6.07, 6.45) is 3.94. The summed E-state index contributed by atoms with van der Waals surface area (Å²) >= 11 is 1.74. The highest BCUT2D eigenvalue weighted by Crippen LogP contribution is 2.29. The lowest BCUT2D eigenvalue weighted by Gasteiger charge is -2.34. The second kappa shape index (κ2) is 7.03. The second-order valence-corrected chi connectivity index (χ2v) is 6.45. The molecule has 0 saturated carbocycles. The molecule has 0 bridgehead atoms. The first-order valence-electron chi connectivity index (χ1n) is 6.47. The van der Waals surface area contributed by atoms with Crippen molar-refractivity contribution in [2.75, 3.05) is 19.8 Å². The molecule has 0 spiro atoms. The second-order valence-electron chi connectivity index (χ2n) is 5.18. The number of aliphatic carboxylic acids is 1. The molecule has 19 heavy (non-hydrogen) atoms. The minimum Gasteiger partial charge on any atom is -0.480 e. The molecular weight excluding hydrogens is 264 g/mol. The summed E-state index contributed by atoms with van der Waals surface area (Å²) in [7, 11) is 1.50. The van der Waals surface area contributed by atoms with Gasteiger partial charge in [-0.05, 0) is 32.9 Å². The average molecular weight is 290 g/mol. The van der Waals surface area contributed by atoms with Crippen molar-refractivity contribution in [2.24, 2.45) is 0 Å². The van der Waals surface area contributed by atoms with Crippen molar-refractivity contribution >= 4 is 23.8 Å². The predicted octanol–water partition coefficient (Wildman–Crippen LogP) is 2.41. The van der Waals surface area contributed by atoms with Gasteiger partial charge in [0, 0.05) is 18.3 Å². The number of carbonyl (C=O) groups is 2. The molecular formula is C13H26N2O3S. The Balaban J connectivity index is 4.67. The molecule has 2 N–H and O–H groups in total. The van der Waals surface area contributed by atoms with E-state index in [0.29, 0.717) is 6.54 Å². The average Bonchev–Trinajstić information content (AvgIpc) is 2.39. The molecule has 0 aromatic heterocycles. The van der Waals surface area contributed by atoms with Crippen molar-refractivity contribution in [1.82, 2.24) is 10.2 Å². The van der Waals surface area contributed by atoms with Crippen LogP contribution in [0.1, 0.15) is 40.5 Å². The van der Waals surface area contributed by atoms with Crippen LogP contribution in [0.15, 0.2) is 0 Å². The molecule has 6 heteroatoms. The lowest BCUT2D eigenvalue weighted by atomic mass is 10.0. The Morgan fingerprint density at radius 1 is 1.26 bits per heavy atom. The largest absolute Gasteiger partial charge is 0.480 e. The lowest BCUT2D eigenvalue weighted by Crippen LogP contribution is -2.55. The number of rotatable bonds is 7. The fourth-order valence-corrected chi connectivity index (χ4v) is 2.41. The van der Waals surface area contributed by atoms with Crippen LogP contribution in [0.5, 0.6) is 0 Å². The molecule has 0 atom stereocenters. The molecule has 0 aromatic carbocycles. The fraction of sp³-hybridized carbons (Fsp3) is 0.846. The third-order valence-corrected chi connectivity index (χ3v) is 5.54. The Labute approximate surface area is 120 Å². The van der Waals surface area contributed by atoms with Gasteiger partial charge in [0.1, 0.15) is 5.54 Å². The van der Waals surface area contributed by atoms with Gasteiger partial charge in [-0.15, -0.1) is 0 Å². The van der Waals surface area contributed by atoms with E-state index in [0.717, 1.165) is 12.8 Å². The standard InChI is InChI=1S/C13H26N2O3S/c1-7-13(8-2,19-6)9-14-11(18)15(5)12(3,4)10(16)17/h7-9H2,1-6H3,(H,14,18)(H,16,17). The molecule has 0 aliphatic rings. The highest BCUT2D eigenvalue weighted by Gasteiger charge is 2.36. The van der Waals surface area contributed by atoms with Crippen molar-refractivity contribution in [3.05, 3.63) is 0 Å². The summed E-state index contributed by atoms with van der Waals surface area (Å²) in [6.45, 7) is 7.75. The van der Waals surface area contributed by atoms with E-state index in [9.17, 15) is 9.59 Å². The van der Waals surface area contributed by atoms with Crippen LogP contribution in [-0.2, 0) is 4.79 Å². The van der Waals surface area contributed by atoms with Gasteiger partial charge in [0.25, 0.3) is 0 Å². The zero-order valence-corrected chi connectivity index (χ0v) is 13.6. The summed E-state index contributed by atoms with van der Waals surface area (Å²) in [5.41, 5.74) is -1.22. The Bertz CT molecular complexity index is 320. The molecule has 0 aliphatic carbocycles. The third-order valence-electron chi connectivity index (χ3n) is 3.95. The number of nitrogens with zero attached hydrogens (tertiary/aromatic N) is 1. The smallest absolute Gasteiger partial charge is 0.329 e. The number of urea groups is 1. The maximum Gasteiger partial charge on any atom is 0.329 e. The van der Waals surface area contributed by atoms with Gasteiger partial charge in [-0.3, -0.25) is 0 Å². The normalized spacial score (nSPS) is 12.1. The van der Waals surface area contributed by atoms with E-state index in [4.69, 9.17) is 5.11 Å². The molecule has 0 fully saturated rings. The van der Waals surface area contributed by atoms with Gasteiger partial charge in [0.2, 0.25) is 0 Å². The highest BCUT2D eigenvalue weighted by molar-refractivity contribution is 8.00. The summed E-state index contributed by atoms with van der Waals surface area (Å²) in [4.78, 5) is 24.4. The maximum atomic E-state index is 12.0. The van der Waals surface area contributed by atoms with E-state index in [1.54, 1.807) is 11.8 Å². The fourth-order valence-electron chi connectivity index (χ4n) is 1.61. The molecule has 0 heterocycles. The number of carboxylic acids is 1. The number of thioether (sulfide) groups is 1. The molecule has 5 nitrogen and oxygen atoms in total. The van der Waals surface area contributed by atoms with Gasteiger partial charge < -0.3 is 15.3 Å². The van der Waals surface area contributed by atoms with E-state index in [-0.39, 0.29) is 10.8 Å². The van der Waals surface area contributed by atoms with Gasteiger partial charge in [0.15, 0.2) is 0 Å². The van der Waals surface area contributed by atoms with Crippen molar-refractivity contribution in [1.29, 1.82) is 0 Å². The predicted molar refractivity (Wildman–Crippen MR) is 79.7 cm³/mol. The topological polar surface area (TPSA) is 69.6 Å². The summed E-state index contributed by atoms with van der Waals surface area (Å²) in [5, 5.41) is 11.9. The first kappa shape index (κ1) is 18.1. The SMILES string of the molecule is CCC(CC)(CNC(=O)N(C)C(C)(C)C(=O)O)SC. The van der Waals surface area contributed by atoms with Gasteiger partial charge in [-0.2, -0.15) is 11.8 Å². The minimum absolute atomic E-state index is 0.0177. The van der Waals surface area contributed by atoms with Crippen molar-refractivity contribution < 1.29 is 14.7 Å². The summed E-state index contributed by atoms with van der Waals surface area (Å²) < 4.78 is 0.0177. The van der Waals surface area contributed by atoms with E-state index < -0.39 is 11.5 Å². The first-order chi connectivity index (χ1) is 8.66. The van der Waals surface area contributed by atoms with Crippen molar-refractivity contribution in [3.8, 4) is 0 Å². The Kier molecular flexibility index (Phi) is 6.69. The van der Waals surface area contributed by atoms with Crippen LogP contribution < -0.4 is 5.32 Å². The Morgan fingerprint density at radius 2 is 1.74 bits per heavy atom. The van der Waals surface area contributed by atoms with Gasteiger partial charge >= 0.3 is 12.0 Å². The van der Waals surface area contributed by atoms with Crippen molar-refractivity contribution in [2.45, 2.75) is 50.8 Å². The molecule has 0 rings (SSSR count). The molecule has 2 amide bonds. The summed E-state index contributed by atoms with van der Waals surface area (Å²) in [6, 6.07) is -0.354. The third kappa shape index (κ3) is 4.30. The number of hydrogen-bond donors (Lipinski definition) is 2. The number of carbonyl (C=O) groups excluding carboxylic acids is 1. The van der Waals surface area contributed by atoms with Gasteiger partial charge in [-0.25, -0.2) is 9.59 Å². The monoisotopic (exact) mass is 290 g/mol. The van der Waals surface area contributed by atoms with Crippen LogP contribution in [0, 0.1) is 0 Å². The highest BCUT2D eigenvalue weighted by atomic mass is 32.2. The van der Waals surface area contributed by atoms with Crippen LogP contribution in [0.25, 0.3) is 0 Å². The van der Waals surface area contributed by atoms with Gasteiger partial charge in [0.05, 0.1) is 0 Å². The molecule has 0 aliphatic heterocycles. The molecule has 112 valence electrons. The number of amides is 2. The zero-order chi connectivity index (χ0) is 15.3. The van der Waals surface area contributed by atoms with Crippen LogP contribution in [-0.4, -0.2) is 52.1 Å². The quantitative estimate of drug-likeness (QED) is 0.755. The van der Waals surface area contributed by atoms with Crippen LogP contribution in [0.2, 0.25) is 0 Å². The minimum atomic E-state index is -1.22. The Hall–Kier alpha value is -0.910. The maximum absolute atomic E-state index is 12.0. The zero-order valence-electron chi connectivity index (χ0n) is 12.7. The molecule has 0 unspecified atom stereocenters. The molecule has 0 saturated heterocycles. The van der Waals surface area contributed by atoms with E-state index in [1.807, 2.05) is 6.26 Å². The Morgan fingerprint density at radius 3 is 2.05 bits per heavy atom. The van der Waals surface area contributed by atoms with Crippen LogP contribution >= 0.6 is 11.8 Å². The lowest BCUT2D eigenvalue weighted by molar-refractivity contribution is -0.146. The van der Waals surface area contributed by atoms with E-state index in [2.05, 4.69) is 19.2 Å². The molecule has 0 radical (unpaired) electrons. The summed E-state index contributed by atoms with van der Waals surface area (Å²) in [5.74, 6) is -1.02. The molecule has 0 aromatic rings. The number of hydrogen-bond acceptors (Lipinski definition) is 3. The number of carboxylic acid groups (broad SMARTS) is 1. The number of nitrogens with one attached hydrogen (secondary N) is 1. The van der Waals surface area contributed by atoms with Gasteiger partial charge in [-0.1, -0.05) is 13.8 Å². The number of likely N-dealkylation sites (N-methyl/N-ethyl adjacent to an activating group) is 1. The van der Waals surface area contributed by atoms with E-state index in [1.165, 1.54) is 25.8 Å².